The number of benzene rings is 3. The monoisotopic (exact) mass is 507 g/mol. The zero-order valence-corrected chi connectivity index (χ0v) is 17.9. The molecule has 3 aromatic rings. The molecule has 1 unspecified atom stereocenters. The lowest BCUT2D eigenvalue weighted by molar-refractivity contribution is -0.115. The lowest BCUT2D eigenvalue weighted by atomic mass is 10.2. The van der Waals surface area contributed by atoms with E-state index in [9.17, 15) is 4.79 Å². The van der Waals surface area contributed by atoms with E-state index < -0.39 is 0 Å². The first-order valence-electron chi connectivity index (χ1n) is 8.33. The number of hydrogen-bond donors (Lipinski definition) is 0. The summed E-state index contributed by atoms with van der Waals surface area (Å²) < 4.78 is 7.00. The zero-order valence-electron chi connectivity index (χ0n) is 14.1. The standard InChI is InChI=1S/C21H15ClINO2S/c22-15-4-8-18(9-5-15)26-19-10-6-17(7-11-19)24-20(25)13-27-21(24)14-2-1-3-16(23)12-14/h1-12,21H,13H2. The number of amides is 1. The van der Waals surface area contributed by atoms with Crippen LogP contribution in [0.1, 0.15) is 10.9 Å². The Morgan fingerprint density at radius 1 is 1.00 bits per heavy atom. The van der Waals surface area contributed by atoms with Crippen molar-refractivity contribution in [3.8, 4) is 11.5 Å². The summed E-state index contributed by atoms with van der Waals surface area (Å²) >= 11 is 9.85. The molecule has 1 atom stereocenters. The molecular weight excluding hydrogens is 493 g/mol. The Morgan fingerprint density at radius 2 is 1.67 bits per heavy atom. The zero-order chi connectivity index (χ0) is 18.8. The molecule has 1 aliphatic rings. The fourth-order valence-electron chi connectivity index (χ4n) is 2.92. The van der Waals surface area contributed by atoms with Crippen LogP contribution in [0.15, 0.2) is 72.8 Å². The fraction of sp³-hybridized carbons (Fsp3) is 0.0952. The molecule has 136 valence electrons. The van der Waals surface area contributed by atoms with Gasteiger partial charge in [0.1, 0.15) is 16.9 Å². The Balaban J connectivity index is 1.56. The van der Waals surface area contributed by atoms with Crippen LogP contribution in [0.2, 0.25) is 5.02 Å². The topological polar surface area (TPSA) is 29.5 Å². The normalized spacial score (nSPS) is 16.6. The highest BCUT2D eigenvalue weighted by Gasteiger charge is 2.34. The molecule has 0 saturated carbocycles. The second kappa shape index (κ2) is 8.12. The van der Waals surface area contributed by atoms with Gasteiger partial charge in [0.15, 0.2) is 0 Å². The summed E-state index contributed by atoms with van der Waals surface area (Å²) in [4.78, 5) is 14.4. The Bertz CT molecular complexity index is 963. The molecule has 1 saturated heterocycles. The smallest absolute Gasteiger partial charge is 0.238 e. The van der Waals surface area contributed by atoms with Gasteiger partial charge < -0.3 is 4.74 Å². The van der Waals surface area contributed by atoms with Gasteiger partial charge in [0.05, 0.1) is 5.75 Å². The molecule has 3 nitrogen and oxygen atoms in total. The molecular formula is C21H15ClINO2S. The van der Waals surface area contributed by atoms with E-state index in [2.05, 4.69) is 40.8 Å². The van der Waals surface area contributed by atoms with Gasteiger partial charge in [-0.15, -0.1) is 11.8 Å². The number of rotatable bonds is 4. The van der Waals surface area contributed by atoms with Crippen LogP contribution in [0.25, 0.3) is 0 Å². The van der Waals surface area contributed by atoms with E-state index in [-0.39, 0.29) is 11.3 Å². The van der Waals surface area contributed by atoms with Crippen molar-refractivity contribution < 1.29 is 9.53 Å². The van der Waals surface area contributed by atoms with Gasteiger partial charge in [-0.05, 0) is 88.8 Å². The Labute approximate surface area is 180 Å². The minimum absolute atomic E-state index is 0.00440. The number of halogens is 2. The predicted octanol–water partition coefficient (Wildman–Crippen LogP) is 6.52. The average Bonchev–Trinajstić information content (AvgIpc) is 3.06. The van der Waals surface area contributed by atoms with E-state index in [0.29, 0.717) is 16.5 Å². The maximum Gasteiger partial charge on any atom is 0.238 e. The number of thioether (sulfide) groups is 1. The fourth-order valence-corrected chi connectivity index (χ4v) is 4.78. The third-order valence-corrected chi connectivity index (χ3v) is 6.30. The summed E-state index contributed by atoms with van der Waals surface area (Å²) in [5, 5.41) is 0.666. The van der Waals surface area contributed by atoms with Crippen LogP contribution in [-0.4, -0.2) is 11.7 Å². The Hall–Kier alpha value is -1.70. The first kappa shape index (κ1) is 18.7. The number of nitrogens with zero attached hydrogens (tertiary/aromatic N) is 1. The van der Waals surface area contributed by atoms with Crippen LogP contribution in [-0.2, 0) is 4.79 Å². The first-order chi connectivity index (χ1) is 13.1. The highest BCUT2D eigenvalue weighted by Crippen LogP contribution is 2.42. The average molecular weight is 508 g/mol. The van der Waals surface area contributed by atoms with Gasteiger partial charge in [-0.25, -0.2) is 0 Å². The van der Waals surface area contributed by atoms with E-state index in [4.69, 9.17) is 16.3 Å². The van der Waals surface area contributed by atoms with Crippen LogP contribution in [0.4, 0.5) is 5.69 Å². The van der Waals surface area contributed by atoms with Crippen molar-refractivity contribution in [1.29, 1.82) is 0 Å². The van der Waals surface area contributed by atoms with Gasteiger partial charge in [-0.1, -0.05) is 23.7 Å². The SMILES string of the molecule is O=C1CSC(c2cccc(I)c2)N1c1ccc(Oc2ccc(Cl)cc2)cc1. The van der Waals surface area contributed by atoms with Crippen LogP contribution in [0.5, 0.6) is 11.5 Å². The van der Waals surface area contributed by atoms with E-state index >= 15 is 0 Å². The molecule has 27 heavy (non-hydrogen) atoms. The van der Waals surface area contributed by atoms with Gasteiger partial charge in [-0.2, -0.15) is 0 Å². The molecule has 0 aliphatic carbocycles. The Morgan fingerprint density at radius 3 is 2.33 bits per heavy atom. The summed E-state index contributed by atoms with van der Waals surface area (Å²) in [7, 11) is 0. The third kappa shape index (κ3) is 4.25. The molecule has 0 radical (unpaired) electrons. The van der Waals surface area contributed by atoms with Gasteiger partial charge in [0.25, 0.3) is 0 Å². The summed E-state index contributed by atoms with van der Waals surface area (Å²) in [6.07, 6.45) is 0. The summed E-state index contributed by atoms with van der Waals surface area (Å²) in [5.41, 5.74) is 2.01. The van der Waals surface area contributed by atoms with Crippen molar-refractivity contribution in [2.45, 2.75) is 5.37 Å². The molecule has 1 aliphatic heterocycles. The van der Waals surface area contributed by atoms with Crippen molar-refractivity contribution in [1.82, 2.24) is 0 Å². The number of carbonyl (C=O) groups excluding carboxylic acids is 1. The van der Waals surface area contributed by atoms with Crippen LogP contribution in [0, 0.1) is 3.57 Å². The third-order valence-electron chi connectivity index (χ3n) is 4.17. The Kier molecular flexibility index (Phi) is 5.61. The van der Waals surface area contributed by atoms with Crippen molar-refractivity contribution in [3.05, 3.63) is 87.0 Å². The number of carbonyl (C=O) groups is 1. The first-order valence-corrected chi connectivity index (χ1v) is 10.8. The largest absolute Gasteiger partial charge is 0.457 e. The van der Waals surface area contributed by atoms with E-state index in [1.54, 1.807) is 23.9 Å². The molecule has 0 N–H and O–H groups in total. The number of ether oxygens (including phenoxy) is 1. The number of anilines is 1. The van der Waals surface area contributed by atoms with Gasteiger partial charge in [0.2, 0.25) is 5.91 Å². The molecule has 3 aromatic carbocycles. The lowest BCUT2D eigenvalue weighted by Gasteiger charge is -2.24. The van der Waals surface area contributed by atoms with Crippen molar-refractivity contribution in [2.75, 3.05) is 10.7 Å². The maximum atomic E-state index is 12.5. The molecule has 4 rings (SSSR count). The molecule has 0 spiro atoms. The van der Waals surface area contributed by atoms with Crippen LogP contribution >= 0.6 is 46.0 Å². The second-order valence-corrected chi connectivity index (χ2v) is 8.78. The predicted molar refractivity (Wildman–Crippen MR) is 120 cm³/mol. The van der Waals surface area contributed by atoms with E-state index in [0.717, 1.165) is 20.6 Å². The van der Waals surface area contributed by atoms with Crippen LogP contribution in [0.3, 0.4) is 0 Å². The molecule has 0 aromatic heterocycles. The highest BCUT2D eigenvalue weighted by atomic mass is 127. The summed E-state index contributed by atoms with van der Waals surface area (Å²) in [5.74, 6) is 2.04. The van der Waals surface area contributed by atoms with E-state index in [1.165, 1.54) is 0 Å². The van der Waals surface area contributed by atoms with Crippen molar-refractivity contribution in [3.63, 3.8) is 0 Å². The number of hydrogen-bond acceptors (Lipinski definition) is 3. The van der Waals surface area contributed by atoms with Gasteiger partial charge in [0, 0.05) is 14.3 Å². The van der Waals surface area contributed by atoms with Crippen molar-refractivity contribution in [2.24, 2.45) is 0 Å². The quantitative estimate of drug-likeness (QED) is 0.377. The summed E-state index contributed by atoms with van der Waals surface area (Å²) in [6.45, 7) is 0. The van der Waals surface area contributed by atoms with Gasteiger partial charge in [-0.3, -0.25) is 9.69 Å². The molecule has 1 amide bonds. The second-order valence-electron chi connectivity index (χ2n) is 6.03. The maximum absolute atomic E-state index is 12.5. The highest BCUT2D eigenvalue weighted by molar-refractivity contribution is 14.1. The van der Waals surface area contributed by atoms with Gasteiger partial charge >= 0.3 is 0 Å². The minimum atomic E-state index is -0.00440. The molecule has 6 heteroatoms. The lowest BCUT2D eigenvalue weighted by Crippen LogP contribution is -2.27. The minimum Gasteiger partial charge on any atom is -0.457 e. The molecule has 1 heterocycles. The van der Waals surface area contributed by atoms with Crippen LogP contribution < -0.4 is 9.64 Å². The van der Waals surface area contributed by atoms with E-state index in [1.807, 2.05) is 47.4 Å². The molecule has 0 bridgehead atoms. The summed E-state index contributed by atoms with van der Waals surface area (Å²) in [6, 6.07) is 23.1. The van der Waals surface area contributed by atoms with Crippen molar-refractivity contribution >= 4 is 57.5 Å². The molecule has 1 fully saturated rings.